The Labute approximate surface area is 262 Å². The molecule has 2 N–H and O–H groups in total. The molecule has 5 aliphatic rings. The first-order chi connectivity index (χ1) is 20.9. The molecule has 1 aromatic rings. The van der Waals surface area contributed by atoms with Crippen molar-refractivity contribution in [1.29, 1.82) is 0 Å². The zero-order chi connectivity index (χ0) is 33.1. The summed E-state index contributed by atoms with van der Waals surface area (Å²) in [4.78, 5) is 52.6. The molecule has 1 spiro atoms. The number of carbonyl (C=O) groups excluding carboxylic acids is 4. The Kier molecular flexibility index (Phi) is 6.95. The number of cyclic esters (lactones) is 1. The lowest BCUT2D eigenvalue weighted by Gasteiger charge is -2.70. The highest BCUT2D eigenvalue weighted by Crippen LogP contribution is 2.82. The zero-order valence-corrected chi connectivity index (χ0v) is 27.1. The molecule has 0 unspecified atom stereocenters. The van der Waals surface area contributed by atoms with Crippen molar-refractivity contribution in [2.45, 2.75) is 109 Å². The molecule has 2 saturated carbocycles. The number of aliphatic hydroxyl groups is 2. The fourth-order valence-corrected chi connectivity index (χ4v) is 10.5. The second-order valence-electron chi connectivity index (χ2n) is 15.1. The monoisotopic (exact) mass is 632 g/mol. The Morgan fingerprint density at radius 2 is 1.76 bits per heavy atom. The highest BCUT2D eigenvalue weighted by molar-refractivity contribution is 5.74. The Balaban J connectivity index is 1.64. The standard InChI is InChI=1S/C33H44O12/c1-16(2)25(37)44-27-31-19(9-11-29(6)21(31)14-23(36)43-24(29)18-10-12-41-15-18)30(7)20(13-22(35)40-8)28(4,5)26(42-17(3)34)32(27,38)33(30,39)45-31/h10,12,15-16,19-21,24,26-27,38-39H,9,11,13-14H2,1-8H3/t19-,20+,21-,24+,26+,27+,29-,30-,31-,32+,33-/m1/s1. The predicted molar refractivity (Wildman–Crippen MR) is 152 cm³/mol. The SMILES string of the molecule is COC(=O)C[C@H]1C(C)(C)[C@H](OC(C)=O)[C@]2(O)[C@@H](OC(=O)C(C)C)[C@@]34O[C@]2(O)[C@]1(C)[C@H]3CC[C@]1(C)[C@H]4CC(=O)O[C@H]1c1ccoc1. The van der Waals surface area contributed by atoms with Crippen LogP contribution in [0.1, 0.15) is 85.8 Å². The summed E-state index contributed by atoms with van der Waals surface area (Å²) in [7, 11) is 1.27. The van der Waals surface area contributed by atoms with Gasteiger partial charge in [-0.3, -0.25) is 19.2 Å². The van der Waals surface area contributed by atoms with Crippen molar-refractivity contribution in [3.05, 3.63) is 24.2 Å². The average molecular weight is 633 g/mol. The van der Waals surface area contributed by atoms with Crippen LogP contribution < -0.4 is 0 Å². The van der Waals surface area contributed by atoms with Crippen LogP contribution >= 0.6 is 0 Å². The molecule has 3 aliphatic heterocycles. The summed E-state index contributed by atoms with van der Waals surface area (Å²) in [6.45, 7) is 11.7. The van der Waals surface area contributed by atoms with Crippen molar-refractivity contribution >= 4 is 23.9 Å². The summed E-state index contributed by atoms with van der Waals surface area (Å²) < 4.78 is 35.4. The van der Waals surface area contributed by atoms with Crippen molar-refractivity contribution in [2.24, 2.45) is 39.9 Å². The molecule has 11 atom stereocenters. The molecule has 2 aliphatic carbocycles. The molecule has 2 bridgehead atoms. The number of rotatable bonds is 6. The van der Waals surface area contributed by atoms with Gasteiger partial charge in [-0.2, -0.15) is 0 Å². The van der Waals surface area contributed by atoms with Gasteiger partial charge < -0.3 is 38.3 Å². The normalized spacial score (nSPS) is 45.7. The molecule has 4 heterocycles. The summed E-state index contributed by atoms with van der Waals surface area (Å²) in [6.07, 6.45) is -0.190. The van der Waals surface area contributed by atoms with E-state index in [0.29, 0.717) is 18.4 Å². The molecule has 0 amide bonds. The third-order valence-electron chi connectivity index (χ3n) is 12.3. The largest absolute Gasteiger partial charge is 0.472 e. The molecule has 248 valence electrons. The van der Waals surface area contributed by atoms with E-state index in [1.54, 1.807) is 40.7 Å². The first kappa shape index (κ1) is 32.0. The van der Waals surface area contributed by atoms with E-state index < -0.39 is 99.1 Å². The lowest BCUT2D eigenvalue weighted by Crippen LogP contribution is -2.85. The van der Waals surface area contributed by atoms with E-state index in [-0.39, 0.29) is 12.8 Å². The van der Waals surface area contributed by atoms with Crippen LogP contribution in [0.2, 0.25) is 0 Å². The highest BCUT2D eigenvalue weighted by Gasteiger charge is 2.96. The molecule has 12 heteroatoms. The average Bonchev–Trinajstić information content (AvgIpc) is 3.61. The Morgan fingerprint density at radius 1 is 1.07 bits per heavy atom. The number of fused-ring (bicyclic) bond motifs is 2. The van der Waals surface area contributed by atoms with Crippen molar-refractivity contribution in [3.63, 3.8) is 0 Å². The third kappa shape index (κ3) is 3.70. The number of furan rings is 1. The van der Waals surface area contributed by atoms with Gasteiger partial charge in [0.25, 0.3) is 0 Å². The van der Waals surface area contributed by atoms with Gasteiger partial charge in [-0.25, -0.2) is 0 Å². The molecular formula is C33H44O12. The summed E-state index contributed by atoms with van der Waals surface area (Å²) in [5.41, 5.74) is -6.83. The summed E-state index contributed by atoms with van der Waals surface area (Å²) in [6, 6.07) is 1.72. The maximum Gasteiger partial charge on any atom is 0.308 e. The van der Waals surface area contributed by atoms with Gasteiger partial charge in [-0.05, 0) is 24.8 Å². The lowest BCUT2D eigenvalue weighted by atomic mass is 9.35. The first-order valence-electron chi connectivity index (χ1n) is 15.7. The second kappa shape index (κ2) is 9.78. The van der Waals surface area contributed by atoms with Crippen molar-refractivity contribution in [3.8, 4) is 0 Å². The molecular weight excluding hydrogens is 588 g/mol. The van der Waals surface area contributed by atoms with E-state index in [1.807, 2.05) is 6.92 Å². The Morgan fingerprint density at radius 3 is 2.33 bits per heavy atom. The van der Waals surface area contributed by atoms with Crippen LogP contribution in [0.3, 0.4) is 0 Å². The Hall–Kier alpha value is -2.96. The molecule has 1 aromatic heterocycles. The molecule has 0 aromatic carbocycles. The minimum absolute atomic E-state index is 0.150. The maximum absolute atomic E-state index is 13.5. The number of carbonyl (C=O) groups is 4. The van der Waals surface area contributed by atoms with Gasteiger partial charge in [0.05, 0.1) is 32.0 Å². The number of methoxy groups -OCH3 is 1. The number of esters is 4. The van der Waals surface area contributed by atoms with E-state index in [1.165, 1.54) is 26.6 Å². The lowest BCUT2D eigenvalue weighted by molar-refractivity contribution is -0.385. The fourth-order valence-electron chi connectivity index (χ4n) is 10.5. The van der Waals surface area contributed by atoms with Crippen molar-refractivity contribution in [1.82, 2.24) is 0 Å². The molecule has 45 heavy (non-hydrogen) atoms. The van der Waals surface area contributed by atoms with E-state index in [4.69, 9.17) is 28.1 Å². The molecule has 5 fully saturated rings. The van der Waals surface area contributed by atoms with Crippen LogP contribution in [-0.4, -0.2) is 70.4 Å². The van der Waals surface area contributed by atoms with Crippen LogP contribution in [0.25, 0.3) is 0 Å². The quantitative estimate of drug-likeness (QED) is 0.348. The maximum atomic E-state index is 13.5. The second-order valence-corrected chi connectivity index (χ2v) is 15.1. The van der Waals surface area contributed by atoms with E-state index in [9.17, 15) is 29.4 Å². The van der Waals surface area contributed by atoms with Crippen LogP contribution in [0.5, 0.6) is 0 Å². The van der Waals surface area contributed by atoms with Gasteiger partial charge in [0.1, 0.15) is 17.8 Å². The molecule has 0 radical (unpaired) electrons. The third-order valence-corrected chi connectivity index (χ3v) is 12.3. The summed E-state index contributed by atoms with van der Waals surface area (Å²) in [5, 5.41) is 26.1. The van der Waals surface area contributed by atoms with Crippen molar-refractivity contribution in [2.75, 3.05) is 7.11 Å². The van der Waals surface area contributed by atoms with Gasteiger partial charge in [-0.1, -0.05) is 41.5 Å². The van der Waals surface area contributed by atoms with Crippen LogP contribution in [0.4, 0.5) is 0 Å². The van der Waals surface area contributed by atoms with Gasteiger partial charge in [0.2, 0.25) is 5.79 Å². The van der Waals surface area contributed by atoms with Crippen molar-refractivity contribution < 1.29 is 57.5 Å². The molecule has 3 saturated heterocycles. The minimum Gasteiger partial charge on any atom is -0.472 e. The van der Waals surface area contributed by atoms with Gasteiger partial charge in [0, 0.05) is 47.0 Å². The first-order valence-corrected chi connectivity index (χ1v) is 15.7. The van der Waals surface area contributed by atoms with Gasteiger partial charge >= 0.3 is 23.9 Å². The fraction of sp³-hybridized carbons (Fsp3) is 0.758. The van der Waals surface area contributed by atoms with E-state index in [2.05, 4.69) is 0 Å². The number of hydrogen-bond acceptors (Lipinski definition) is 12. The van der Waals surface area contributed by atoms with Crippen LogP contribution in [0, 0.1) is 39.9 Å². The number of ether oxygens (including phenoxy) is 5. The van der Waals surface area contributed by atoms with Gasteiger partial charge in [-0.15, -0.1) is 0 Å². The summed E-state index contributed by atoms with van der Waals surface area (Å²) >= 11 is 0. The molecule has 12 nitrogen and oxygen atoms in total. The van der Waals surface area contributed by atoms with E-state index >= 15 is 0 Å². The smallest absolute Gasteiger partial charge is 0.308 e. The number of hydrogen-bond donors (Lipinski definition) is 2. The minimum atomic E-state index is -2.49. The van der Waals surface area contributed by atoms with E-state index in [0.717, 1.165) is 0 Å². The van der Waals surface area contributed by atoms with Crippen LogP contribution in [-0.2, 0) is 42.9 Å². The topological polar surface area (TPSA) is 168 Å². The Bertz CT molecular complexity index is 1420. The molecule has 6 rings (SSSR count). The van der Waals surface area contributed by atoms with Crippen LogP contribution in [0.15, 0.2) is 23.0 Å². The predicted octanol–water partition coefficient (Wildman–Crippen LogP) is 3.23. The zero-order valence-electron chi connectivity index (χ0n) is 27.1. The van der Waals surface area contributed by atoms with Gasteiger partial charge in [0.15, 0.2) is 11.7 Å². The highest BCUT2D eigenvalue weighted by atomic mass is 16.7. The summed E-state index contributed by atoms with van der Waals surface area (Å²) in [5.74, 6) is -7.66.